The molecule has 126 valence electrons. The van der Waals surface area contributed by atoms with Gasteiger partial charge in [0.2, 0.25) is 5.91 Å². The molecule has 1 aromatic heterocycles. The molecule has 0 spiro atoms. The van der Waals surface area contributed by atoms with Gasteiger partial charge in [0, 0.05) is 43.3 Å². The zero-order chi connectivity index (χ0) is 16.9. The quantitative estimate of drug-likeness (QED) is 0.633. The van der Waals surface area contributed by atoms with Crippen molar-refractivity contribution in [2.45, 2.75) is 6.54 Å². The second-order valence-electron chi connectivity index (χ2n) is 5.52. The van der Waals surface area contributed by atoms with Crippen molar-refractivity contribution < 1.29 is 4.79 Å². The molecule has 0 saturated carbocycles. The Bertz CT molecular complexity index is 705. The summed E-state index contributed by atoms with van der Waals surface area (Å²) >= 11 is 1.65. The zero-order valence-corrected chi connectivity index (χ0v) is 14.1. The Kier molecular flexibility index (Phi) is 4.95. The Morgan fingerprint density at radius 1 is 1.17 bits per heavy atom. The molecular formula is C16H20N6OS. The summed E-state index contributed by atoms with van der Waals surface area (Å²) in [4.78, 5) is 24.2. The lowest BCUT2D eigenvalue weighted by molar-refractivity contribution is 0.100. The van der Waals surface area contributed by atoms with Crippen LogP contribution in [0.4, 0.5) is 5.13 Å². The number of carbonyl (C=O) groups is 1. The number of amides is 1. The highest BCUT2D eigenvalue weighted by molar-refractivity contribution is 7.13. The first kappa shape index (κ1) is 16.3. The molecule has 2 aromatic rings. The third kappa shape index (κ3) is 3.83. The summed E-state index contributed by atoms with van der Waals surface area (Å²) in [6.07, 6.45) is 1.83. The fraction of sp³-hybridized carbons (Fsp3) is 0.312. The van der Waals surface area contributed by atoms with Gasteiger partial charge in [-0.05, 0) is 17.7 Å². The van der Waals surface area contributed by atoms with Crippen LogP contribution in [-0.4, -0.2) is 47.9 Å². The molecule has 1 aliphatic rings. The Hall–Kier alpha value is -2.61. The van der Waals surface area contributed by atoms with Crippen LogP contribution in [0.25, 0.3) is 0 Å². The number of benzene rings is 1. The van der Waals surface area contributed by atoms with Gasteiger partial charge in [0.25, 0.3) is 0 Å². The van der Waals surface area contributed by atoms with E-state index in [4.69, 9.17) is 11.5 Å². The van der Waals surface area contributed by atoms with Crippen LogP contribution < -0.4 is 16.4 Å². The number of nitrogens with zero attached hydrogens (tertiary/aromatic N) is 4. The van der Waals surface area contributed by atoms with Crippen molar-refractivity contribution in [3.63, 3.8) is 0 Å². The van der Waals surface area contributed by atoms with Gasteiger partial charge in [-0.1, -0.05) is 12.1 Å². The van der Waals surface area contributed by atoms with E-state index in [0.29, 0.717) is 18.1 Å². The Balaban J connectivity index is 1.54. The smallest absolute Gasteiger partial charge is 0.248 e. The highest BCUT2D eigenvalue weighted by Crippen LogP contribution is 2.18. The topological polar surface area (TPSA) is 101 Å². The van der Waals surface area contributed by atoms with Gasteiger partial charge < -0.3 is 21.3 Å². The molecule has 24 heavy (non-hydrogen) atoms. The number of aromatic nitrogens is 1. The number of guanidine groups is 1. The Labute approximate surface area is 144 Å². The minimum Gasteiger partial charge on any atom is -0.370 e. The maximum absolute atomic E-state index is 11.1. The van der Waals surface area contributed by atoms with Crippen molar-refractivity contribution in [3.05, 3.63) is 47.0 Å². The van der Waals surface area contributed by atoms with E-state index < -0.39 is 5.91 Å². The second kappa shape index (κ2) is 7.31. The van der Waals surface area contributed by atoms with Crippen LogP contribution >= 0.6 is 11.3 Å². The summed E-state index contributed by atoms with van der Waals surface area (Å²) in [5, 5.41) is 3.04. The minimum atomic E-state index is -0.428. The van der Waals surface area contributed by atoms with E-state index in [0.717, 1.165) is 36.9 Å². The standard InChI is InChI=1S/C16H20N6OS/c17-14(23)13-3-1-12(2-4-13)11-20-15(18)21-6-8-22(9-7-21)16-19-5-10-24-16/h1-5,10H,6-9,11H2,(H2,17,23)(H2,18,20). The van der Waals surface area contributed by atoms with Crippen LogP contribution in [0.15, 0.2) is 40.8 Å². The van der Waals surface area contributed by atoms with Crippen LogP contribution in [0.3, 0.4) is 0 Å². The molecule has 1 aromatic carbocycles. The van der Waals surface area contributed by atoms with Gasteiger partial charge in [0.05, 0.1) is 6.54 Å². The number of anilines is 1. The molecule has 0 aliphatic carbocycles. The van der Waals surface area contributed by atoms with Crippen LogP contribution in [0.5, 0.6) is 0 Å². The minimum absolute atomic E-state index is 0.428. The van der Waals surface area contributed by atoms with E-state index in [9.17, 15) is 4.79 Å². The fourth-order valence-corrected chi connectivity index (χ4v) is 3.24. The number of aliphatic imine (C=N–C) groups is 1. The van der Waals surface area contributed by atoms with Crippen LogP contribution in [-0.2, 0) is 6.54 Å². The molecule has 8 heteroatoms. The molecule has 4 N–H and O–H groups in total. The average Bonchev–Trinajstić information content (AvgIpc) is 3.15. The lowest BCUT2D eigenvalue weighted by atomic mass is 10.1. The molecule has 1 aliphatic heterocycles. The van der Waals surface area contributed by atoms with E-state index in [1.165, 1.54) is 0 Å². The molecule has 0 unspecified atom stereocenters. The molecule has 0 radical (unpaired) electrons. The first-order valence-corrected chi connectivity index (χ1v) is 8.59. The molecule has 1 fully saturated rings. The van der Waals surface area contributed by atoms with Crippen LogP contribution in [0.1, 0.15) is 15.9 Å². The molecule has 1 amide bonds. The SMILES string of the molecule is NC(=O)c1ccc(CN=C(N)N2CCN(c3nccs3)CC2)cc1. The Morgan fingerprint density at radius 3 is 2.46 bits per heavy atom. The summed E-state index contributed by atoms with van der Waals surface area (Å²) in [5.41, 5.74) is 12.8. The molecule has 1 saturated heterocycles. The van der Waals surface area contributed by atoms with Gasteiger partial charge >= 0.3 is 0 Å². The van der Waals surface area contributed by atoms with Gasteiger partial charge in [0.1, 0.15) is 0 Å². The number of piperazine rings is 1. The summed E-state index contributed by atoms with van der Waals surface area (Å²) in [6.45, 7) is 3.91. The molecule has 7 nitrogen and oxygen atoms in total. The summed E-state index contributed by atoms with van der Waals surface area (Å²) in [5.74, 6) is 0.121. The van der Waals surface area contributed by atoms with E-state index in [-0.39, 0.29) is 0 Å². The number of nitrogens with two attached hydrogens (primary N) is 2. The summed E-state index contributed by atoms with van der Waals surface area (Å²) in [6, 6.07) is 7.10. The van der Waals surface area contributed by atoms with Gasteiger partial charge in [-0.3, -0.25) is 4.79 Å². The highest BCUT2D eigenvalue weighted by Gasteiger charge is 2.19. The van der Waals surface area contributed by atoms with Crippen molar-refractivity contribution in [2.24, 2.45) is 16.5 Å². The van der Waals surface area contributed by atoms with E-state index >= 15 is 0 Å². The largest absolute Gasteiger partial charge is 0.370 e. The second-order valence-corrected chi connectivity index (χ2v) is 6.40. The number of carbonyl (C=O) groups excluding carboxylic acids is 1. The molecular weight excluding hydrogens is 324 g/mol. The normalized spacial score (nSPS) is 15.6. The molecule has 2 heterocycles. The monoisotopic (exact) mass is 344 g/mol. The highest BCUT2D eigenvalue weighted by atomic mass is 32.1. The third-order valence-electron chi connectivity index (χ3n) is 3.96. The van der Waals surface area contributed by atoms with Crippen molar-refractivity contribution in [1.29, 1.82) is 0 Å². The number of thiazole rings is 1. The summed E-state index contributed by atoms with van der Waals surface area (Å²) in [7, 11) is 0. The number of hydrogen-bond acceptors (Lipinski definition) is 5. The van der Waals surface area contributed by atoms with Crippen LogP contribution in [0, 0.1) is 0 Å². The lowest BCUT2D eigenvalue weighted by Gasteiger charge is -2.35. The number of rotatable bonds is 4. The van der Waals surface area contributed by atoms with E-state index in [1.54, 1.807) is 23.5 Å². The summed E-state index contributed by atoms with van der Waals surface area (Å²) < 4.78 is 0. The van der Waals surface area contributed by atoms with Gasteiger partial charge in [-0.2, -0.15) is 0 Å². The van der Waals surface area contributed by atoms with Crippen molar-refractivity contribution in [1.82, 2.24) is 9.88 Å². The van der Waals surface area contributed by atoms with Crippen LogP contribution in [0.2, 0.25) is 0 Å². The number of primary amides is 1. The van der Waals surface area contributed by atoms with Gasteiger partial charge in [0.15, 0.2) is 11.1 Å². The van der Waals surface area contributed by atoms with Crippen molar-refractivity contribution >= 4 is 28.3 Å². The maximum Gasteiger partial charge on any atom is 0.248 e. The molecule has 0 atom stereocenters. The fourth-order valence-electron chi connectivity index (χ4n) is 2.55. The first-order valence-electron chi connectivity index (χ1n) is 7.71. The van der Waals surface area contributed by atoms with E-state index in [2.05, 4.69) is 19.8 Å². The maximum atomic E-state index is 11.1. The van der Waals surface area contributed by atoms with Gasteiger partial charge in [-0.15, -0.1) is 11.3 Å². The van der Waals surface area contributed by atoms with Crippen molar-refractivity contribution in [3.8, 4) is 0 Å². The average molecular weight is 344 g/mol. The van der Waals surface area contributed by atoms with E-state index in [1.807, 2.05) is 23.7 Å². The third-order valence-corrected chi connectivity index (χ3v) is 4.79. The van der Waals surface area contributed by atoms with Crippen molar-refractivity contribution in [2.75, 3.05) is 31.1 Å². The lowest BCUT2D eigenvalue weighted by Crippen LogP contribution is -2.51. The zero-order valence-electron chi connectivity index (χ0n) is 13.3. The first-order chi connectivity index (χ1) is 11.6. The predicted molar refractivity (Wildman–Crippen MR) is 96.2 cm³/mol. The Morgan fingerprint density at radius 2 is 1.88 bits per heavy atom. The molecule has 0 bridgehead atoms. The number of hydrogen-bond donors (Lipinski definition) is 2. The molecule has 3 rings (SSSR count). The van der Waals surface area contributed by atoms with Gasteiger partial charge in [-0.25, -0.2) is 9.98 Å². The predicted octanol–water partition coefficient (Wildman–Crippen LogP) is 0.879.